The second kappa shape index (κ2) is 5.62. The molecular formula is C16H16N4O3S. The number of carboxylic acid groups (broad SMARTS) is 1. The molecule has 8 heteroatoms. The van der Waals surface area contributed by atoms with Crippen molar-refractivity contribution in [2.24, 2.45) is 11.3 Å². The summed E-state index contributed by atoms with van der Waals surface area (Å²) in [5.74, 6) is -0.377. The van der Waals surface area contributed by atoms with Gasteiger partial charge in [0.15, 0.2) is 10.8 Å². The normalized spacial score (nSPS) is 25.7. The van der Waals surface area contributed by atoms with Crippen LogP contribution in [0.4, 0.5) is 0 Å². The van der Waals surface area contributed by atoms with Crippen LogP contribution < -0.4 is 0 Å². The zero-order valence-corrected chi connectivity index (χ0v) is 13.7. The van der Waals surface area contributed by atoms with Gasteiger partial charge < -0.3 is 10.0 Å². The molecule has 124 valence electrons. The third-order valence-corrected chi connectivity index (χ3v) is 6.04. The highest BCUT2D eigenvalue weighted by molar-refractivity contribution is 7.16. The van der Waals surface area contributed by atoms with Crippen molar-refractivity contribution in [2.75, 3.05) is 13.1 Å². The van der Waals surface area contributed by atoms with Crippen LogP contribution in [0.25, 0.3) is 10.8 Å². The van der Waals surface area contributed by atoms with Gasteiger partial charge in [0.05, 0.1) is 11.6 Å². The summed E-state index contributed by atoms with van der Waals surface area (Å²) in [6.07, 6.45) is 7.24. The molecule has 1 aliphatic carbocycles. The number of carbonyl (C=O) groups excluding carboxylic acids is 1. The van der Waals surface area contributed by atoms with Gasteiger partial charge in [-0.15, -0.1) is 11.3 Å². The van der Waals surface area contributed by atoms with Crippen LogP contribution >= 0.6 is 11.3 Å². The van der Waals surface area contributed by atoms with E-state index in [0.717, 1.165) is 12.8 Å². The minimum absolute atomic E-state index is 0.0591. The van der Waals surface area contributed by atoms with Gasteiger partial charge in [-0.2, -0.15) is 0 Å². The summed E-state index contributed by atoms with van der Waals surface area (Å²) in [7, 11) is 0. The molecule has 7 nitrogen and oxygen atoms in total. The molecule has 3 heterocycles. The van der Waals surface area contributed by atoms with Gasteiger partial charge in [-0.3, -0.25) is 9.59 Å². The highest BCUT2D eigenvalue weighted by atomic mass is 32.1. The van der Waals surface area contributed by atoms with Crippen LogP contribution in [-0.2, 0) is 4.79 Å². The first-order valence-electron chi connectivity index (χ1n) is 7.86. The minimum atomic E-state index is -0.775. The van der Waals surface area contributed by atoms with E-state index in [2.05, 4.69) is 15.0 Å². The van der Waals surface area contributed by atoms with Gasteiger partial charge in [0, 0.05) is 25.5 Å². The Balaban J connectivity index is 1.55. The Kier molecular flexibility index (Phi) is 3.56. The lowest BCUT2D eigenvalue weighted by Gasteiger charge is -2.23. The topological polar surface area (TPSA) is 96.3 Å². The van der Waals surface area contributed by atoms with E-state index >= 15 is 0 Å². The number of nitrogens with zero attached hydrogens (tertiary/aromatic N) is 4. The predicted molar refractivity (Wildman–Crippen MR) is 86.5 cm³/mol. The number of aromatic nitrogens is 3. The van der Waals surface area contributed by atoms with Crippen LogP contribution in [0.1, 0.15) is 28.9 Å². The summed E-state index contributed by atoms with van der Waals surface area (Å²) in [6.45, 7) is 0.807. The largest absolute Gasteiger partial charge is 0.481 e. The van der Waals surface area contributed by atoms with Crippen molar-refractivity contribution in [1.29, 1.82) is 0 Å². The maximum absolute atomic E-state index is 12.8. The first kappa shape index (κ1) is 15.2. The van der Waals surface area contributed by atoms with Gasteiger partial charge in [0.25, 0.3) is 5.91 Å². The lowest BCUT2D eigenvalue weighted by molar-refractivity contribution is -0.149. The molecule has 2 fully saturated rings. The number of hydrogen-bond donors (Lipinski definition) is 1. The highest BCUT2D eigenvalue weighted by Crippen LogP contribution is 2.49. The summed E-state index contributed by atoms with van der Waals surface area (Å²) in [6, 6.07) is 1.72. The number of hydrogen-bond acceptors (Lipinski definition) is 6. The number of fused-ring (bicyclic) bond motifs is 1. The number of carbonyl (C=O) groups is 2. The molecule has 1 amide bonds. The van der Waals surface area contributed by atoms with Crippen molar-refractivity contribution in [3.8, 4) is 10.8 Å². The van der Waals surface area contributed by atoms with Crippen molar-refractivity contribution >= 4 is 23.2 Å². The average molecular weight is 344 g/mol. The second-order valence-electron chi connectivity index (χ2n) is 6.34. The molecule has 0 aromatic carbocycles. The van der Waals surface area contributed by atoms with Gasteiger partial charge in [0.1, 0.15) is 4.88 Å². The fourth-order valence-corrected chi connectivity index (χ4v) is 4.67. The van der Waals surface area contributed by atoms with Crippen LogP contribution in [0, 0.1) is 11.3 Å². The highest BCUT2D eigenvalue weighted by Gasteiger charge is 2.55. The molecule has 0 spiro atoms. The molecule has 1 N–H and O–H groups in total. The Bertz CT molecular complexity index is 794. The first-order valence-corrected chi connectivity index (χ1v) is 8.68. The Morgan fingerprint density at radius 1 is 1.29 bits per heavy atom. The van der Waals surface area contributed by atoms with Gasteiger partial charge >= 0.3 is 5.97 Å². The second-order valence-corrected chi connectivity index (χ2v) is 7.37. The quantitative estimate of drug-likeness (QED) is 0.914. The van der Waals surface area contributed by atoms with E-state index in [1.807, 2.05) is 0 Å². The summed E-state index contributed by atoms with van der Waals surface area (Å²) in [5, 5.41) is 10.2. The number of likely N-dealkylation sites (tertiary alicyclic amines) is 1. The number of amides is 1. The van der Waals surface area contributed by atoms with E-state index in [1.165, 1.54) is 17.5 Å². The number of carboxylic acids is 1. The molecule has 0 radical (unpaired) electrons. The van der Waals surface area contributed by atoms with Gasteiger partial charge in [-0.05, 0) is 24.8 Å². The van der Waals surface area contributed by atoms with Crippen molar-refractivity contribution < 1.29 is 14.7 Å². The molecule has 0 bridgehead atoms. The molecule has 24 heavy (non-hydrogen) atoms. The van der Waals surface area contributed by atoms with Crippen LogP contribution in [0.5, 0.6) is 0 Å². The van der Waals surface area contributed by atoms with E-state index in [4.69, 9.17) is 0 Å². The lowest BCUT2D eigenvalue weighted by Crippen LogP contribution is -2.37. The zero-order valence-electron chi connectivity index (χ0n) is 12.9. The van der Waals surface area contributed by atoms with Crippen LogP contribution in [0.2, 0.25) is 0 Å². The molecule has 1 aliphatic heterocycles. The Hall–Kier alpha value is -2.35. The van der Waals surface area contributed by atoms with Crippen molar-refractivity contribution in [1.82, 2.24) is 19.9 Å². The maximum Gasteiger partial charge on any atom is 0.311 e. The molecule has 2 aromatic rings. The van der Waals surface area contributed by atoms with Gasteiger partial charge in [-0.1, -0.05) is 6.42 Å². The number of thiazole rings is 1. The molecular weight excluding hydrogens is 328 g/mol. The van der Waals surface area contributed by atoms with E-state index in [1.54, 1.807) is 23.4 Å². The van der Waals surface area contributed by atoms with Crippen LogP contribution in [-0.4, -0.2) is 49.9 Å². The van der Waals surface area contributed by atoms with E-state index < -0.39 is 11.4 Å². The summed E-state index contributed by atoms with van der Waals surface area (Å²) in [4.78, 5) is 39.2. The standard InChI is InChI=1S/C16H16N4O3S/c21-14(11-7-19-13(24-11)12-17-5-2-6-18-12)20-8-10-3-1-4-16(10,9-20)15(22)23/h2,5-7,10H,1,3-4,8-9H2,(H,22,23)/t10-,16+/m0/s1. The van der Waals surface area contributed by atoms with Crippen molar-refractivity contribution in [3.63, 3.8) is 0 Å². The average Bonchev–Trinajstić information content (AvgIpc) is 3.29. The van der Waals surface area contributed by atoms with Gasteiger partial charge in [-0.25, -0.2) is 15.0 Å². The smallest absolute Gasteiger partial charge is 0.311 e. The first-order chi connectivity index (χ1) is 11.6. The predicted octanol–water partition coefficient (Wildman–Crippen LogP) is 1.93. The lowest BCUT2D eigenvalue weighted by atomic mass is 9.81. The number of aliphatic carboxylic acids is 1. The minimum Gasteiger partial charge on any atom is -0.481 e. The van der Waals surface area contributed by atoms with Crippen LogP contribution in [0.3, 0.4) is 0 Å². The summed E-state index contributed by atoms with van der Waals surface area (Å²) < 4.78 is 0. The Morgan fingerprint density at radius 2 is 2.08 bits per heavy atom. The molecule has 1 saturated heterocycles. The Labute approximate surface area is 142 Å². The van der Waals surface area contributed by atoms with Crippen molar-refractivity contribution in [3.05, 3.63) is 29.5 Å². The van der Waals surface area contributed by atoms with Crippen molar-refractivity contribution in [2.45, 2.75) is 19.3 Å². The molecule has 0 unspecified atom stereocenters. The molecule has 2 aliphatic rings. The third kappa shape index (κ3) is 2.29. The Morgan fingerprint density at radius 3 is 2.79 bits per heavy atom. The molecule has 4 rings (SSSR count). The fourth-order valence-electron chi connectivity index (χ4n) is 3.84. The molecule has 2 aromatic heterocycles. The fraction of sp³-hybridized carbons (Fsp3) is 0.438. The van der Waals surface area contributed by atoms with E-state index in [0.29, 0.717) is 35.2 Å². The van der Waals surface area contributed by atoms with E-state index in [-0.39, 0.29) is 11.8 Å². The molecule has 1 saturated carbocycles. The number of rotatable bonds is 3. The van der Waals surface area contributed by atoms with E-state index in [9.17, 15) is 14.7 Å². The summed E-state index contributed by atoms with van der Waals surface area (Å²) >= 11 is 1.24. The molecule has 2 atom stereocenters. The summed E-state index contributed by atoms with van der Waals surface area (Å²) in [5.41, 5.74) is -0.758. The van der Waals surface area contributed by atoms with Gasteiger partial charge in [0.2, 0.25) is 0 Å². The monoisotopic (exact) mass is 344 g/mol. The SMILES string of the molecule is O=C(c1cnc(-c2ncccn2)s1)N1C[C@@H]2CCC[C@@]2(C(=O)O)C1. The third-order valence-electron chi connectivity index (χ3n) is 5.06. The maximum atomic E-state index is 12.8. The van der Waals surface area contributed by atoms with Crippen LogP contribution in [0.15, 0.2) is 24.7 Å². The zero-order chi connectivity index (χ0) is 16.7.